The maximum atomic E-state index is 11.6. The highest BCUT2D eigenvalue weighted by molar-refractivity contribution is 8.32. The van der Waals surface area contributed by atoms with Crippen molar-refractivity contribution in [3.63, 3.8) is 0 Å². The number of aryl methyl sites for hydroxylation is 1. The molecule has 0 spiro atoms. The zero-order valence-electron chi connectivity index (χ0n) is 11.2. The minimum atomic E-state index is -2.78. The van der Waals surface area contributed by atoms with Crippen LogP contribution in [0.2, 0.25) is 0 Å². The van der Waals surface area contributed by atoms with Crippen LogP contribution >= 0.6 is 11.3 Å². The lowest BCUT2D eigenvalue weighted by Crippen LogP contribution is -2.13. The molecule has 2 unspecified atom stereocenters. The van der Waals surface area contributed by atoms with E-state index in [1.807, 2.05) is 6.92 Å². The van der Waals surface area contributed by atoms with Crippen molar-refractivity contribution < 1.29 is 18.4 Å². The highest BCUT2D eigenvalue weighted by Crippen LogP contribution is 2.25. The molecule has 1 aromatic rings. The summed E-state index contributed by atoms with van der Waals surface area (Å²) in [5.74, 6) is 0. The van der Waals surface area contributed by atoms with Gasteiger partial charge in [0, 0.05) is 23.2 Å². The summed E-state index contributed by atoms with van der Waals surface area (Å²) in [5, 5.41) is 5.45. The number of hydrogen-bond donors (Lipinski definition) is 1. The molecule has 2 N–H and O–H groups in total. The predicted octanol–water partition coefficient (Wildman–Crippen LogP) is 1.56. The summed E-state index contributed by atoms with van der Waals surface area (Å²) in [6, 6.07) is 1.80. The van der Waals surface area contributed by atoms with Crippen LogP contribution in [0.3, 0.4) is 0 Å². The summed E-state index contributed by atoms with van der Waals surface area (Å²) >= 11 is 6.15. The van der Waals surface area contributed by atoms with Crippen LogP contribution < -0.4 is 5.14 Å². The molecule has 0 aromatic carbocycles. The van der Waals surface area contributed by atoms with Gasteiger partial charge in [-0.05, 0) is 31.9 Å². The van der Waals surface area contributed by atoms with Crippen LogP contribution in [0.4, 0.5) is 0 Å². The highest BCUT2D eigenvalue weighted by atomic mass is 32.8. The van der Waals surface area contributed by atoms with Crippen LogP contribution in [-0.2, 0) is 40.5 Å². The van der Waals surface area contributed by atoms with Crippen LogP contribution in [0, 0.1) is 6.92 Å². The van der Waals surface area contributed by atoms with Gasteiger partial charge in [-0.2, -0.15) is 0 Å². The summed E-state index contributed by atoms with van der Waals surface area (Å²) in [5.41, 5.74) is 1.06. The predicted molar refractivity (Wildman–Crippen MR) is 79.1 cm³/mol. The standard InChI is InChI=1S/C11H19NO4S3/c1-8-10(6-11(18-8)19(12,13)17)4-5-15-7-16-9(2)14-3/h6,9H,4-5,7H2,1-3H3,(H2,12,13,17). The smallest absolute Gasteiger partial charge is 0.157 e. The van der Waals surface area contributed by atoms with Gasteiger partial charge in [0.15, 0.2) is 6.29 Å². The highest BCUT2D eigenvalue weighted by Gasteiger charge is 2.11. The second kappa shape index (κ2) is 7.63. The van der Waals surface area contributed by atoms with Gasteiger partial charge in [0.1, 0.15) is 19.7 Å². The molecule has 8 heteroatoms. The van der Waals surface area contributed by atoms with Crippen molar-refractivity contribution >= 4 is 31.2 Å². The SMILES string of the molecule is COC(C)OCOCCc1cc(S(N)(=O)=S)sc1C. The Kier molecular flexibility index (Phi) is 6.81. The molecule has 2 atom stereocenters. The Morgan fingerprint density at radius 2 is 2.26 bits per heavy atom. The Morgan fingerprint density at radius 3 is 2.79 bits per heavy atom. The van der Waals surface area contributed by atoms with Crippen molar-refractivity contribution in [1.29, 1.82) is 0 Å². The molecule has 1 rings (SSSR count). The van der Waals surface area contributed by atoms with Crippen molar-refractivity contribution in [2.75, 3.05) is 20.5 Å². The number of hydrogen-bond acceptors (Lipinski definition) is 6. The zero-order valence-corrected chi connectivity index (χ0v) is 13.7. The van der Waals surface area contributed by atoms with E-state index in [0.717, 1.165) is 10.4 Å². The van der Waals surface area contributed by atoms with E-state index in [-0.39, 0.29) is 13.1 Å². The van der Waals surface area contributed by atoms with Crippen LogP contribution in [0.15, 0.2) is 10.3 Å². The van der Waals surface area contributed by atoms with E-state index in [1.54, 1.807) is 20.1 Å². The Hall–Kier alpha value is -0.0900. The van der Waals surface area contributed by atoms with E-state index >= 15 is 0 Å². The monoisotopic (exact) mass is 325 g/mol. The first-order valence-corrected chi connectivity index (χ1v) is 9.05. The molecule has 110 valence electrons. The topological polar surface area (TPSA) is 70.8 Å². The van der Waals surface area contributed by atoms with Gasteiger partial charge in [-0.1, -0.05) is 0 Å². The Morgan fingerprint density at radius 1 is 1.58 bits per heavy atom. The van der Waals surface area contributed by atoms with Crippen molar-refractivity contribution in [1.82, 2.24) is 0 Å². The number of methoxy groups -OCH3 is 1. The van der Waals surface area contributed by atoms with Crippen LogP contribution in [-0.4, -0.2) is 31.0 Å². The van der Waals surface area contributed by atoms with E-state index in [4.69, 9.17) is 30.5 Å². The van der Waals surface area contributed by atoms with Crippen LogP contribution in [0.5, 0.6) is 0 Å². The summed E-state index contributed by atoms with van der Waals surface area (Å²) in [6.07, 6.45) is 0.425. The molecule has 0 aliphatic heterocycles. The number of nitrogens with two attached hydrogens (primary N) is 1. The molecule has 19 heavy (non-hydrogen) atoms. The molecule has 5 nitrogen and oxygen atoms in total. The molecule has 0 aliphatic carbocycles. The average Bonchev–Trinajstić information content (AvgIpc) is 2.70. The molecule has 0 amide bonds. The summed E-state index contributed by atoms with van der Waals surface area (Å²) in [4.78, 5) is 1.06. The molecule has 0 bridgehead atoms. The molecular formula is C11H19NO4S3. The second-order valence-electron chi connectivity index (χ2n) is 3.94. The van der Waals surface area contributed by atoms with Crippen molar-refractivity contribution in [2.45, 2.75) is 30.8 Å². The van der Waals surface area contributed by atoms with Gasteiger partial charge < -0.3 is 14.2 Å². The van der Waals surface area contributed by atoms with Crippen LogP contribution in [0.1, 0.15) is 17.4 Å². The molecule has 0 saturated carbocycles. The number of rotatable bonds is 8. The number of ether oxygens (including phenoxy) is 3. The van der Waals surface area contributed by atoms with E-state index in [9.17, 15) is 4.21 Å². The molecule has 0 saturated heterocycles. The largest absolute Gasteiger partial charge is 0.356 e. The van der Waals surface area contributed by atoms with E-state index in [1.165, 1.54) is 11.3 Å². The molecule has 0 radical (unpaired) electrons. The van der Waals surface area contributed by atoms with Crippen molar-refractivity contribution in [3.05, 3.63) is 16.5 Å². The first-order valence-electron chi connectivity index (χ1n) is 5.69. The molecular weight excluding hydrogens is 306 g/mol. The maximum Gasteiger partial charge on any atom is 0.157 e. The first-order chi connectivity index (χ1) is 8.84. The third-order valence-electron chi connectivity index (χ3n) is 2.51. The van der Waals surface area contributed by atoms with Crippen molar-refractivity contribution in [3.8, 4) is 0 Å². The Balaban J connectivity index is 2.40. The number of thiophene rings is 1. The van der Waals surface area contributed by atoms with Gasteiger partial charge in [0.25, 0.3) is 0 Å². The quantitative estimate of drug-likeness (QED) is 0.580. The lowest BCUT2D eigenvalue weighted by molar-refractivity contribution is -0.173. The maximum absolute atomic E-state index is 11.6. The Labute approximate surface area is 122 Å². The summed E-state index contributed by atoms with van der Waals surface area (Å²) < 4.78 is 27.6. The lowest BCUT2D eigenvalue weighted by Gasteiger charge is -2.10. The lowest BCUT2D eigenvalue weighted by atomic mass is 10.2. The van der Waals surface area contributed by atoms with Gasteiger partial charge in [0.05, 0.1) is 6.61 Å². The first kappa shape index (κ1) is 17.0. The minimum absolute atomic E-state index is 0.180. The van der Waals surface area contributed by atoms with E-state index in [0.29, 0.717) is 17.2 Å². The van der Waals surface area contributed by atoms with Gasteiger partial charge in [-0.15, -0.1) is 11.3 Å². The second-order valence-corrected chi connectivity index (χ2v) is 8.47. The fourth-order valence-corrected chi connectivity index (χ4v) is 3.72. The van der Waals surface area contributed by atoms with E-state index in [2.05, 4.69) is 0 Å². The van der Waals surface area contributed by atoms with Gasteiger partial charge in [-0.3, -0.25) is 0 Å². The minimum Gasteiger partial charge on any atom is -0.356 e. The van der Waals surface area contributed by atoms with Crippen molar-refractivity contribution in [2.24, 2.45) is 5.14 Å². The average molecular weight is 325 g/mol. The molecule has 0 fully saturated rings. The molecule has 1 heterocycles. The summed E-state index contributed by atoms with van der Waals surface area (Å²) in [7, 11) is -1.22. The van der Waals surface area contributed by atoms with E-state index < -0.39 is 8.68 Å². The fraction of sp³-hybridized carbons (Fsp3) is 0.636. The third kappa shape index (κ3) is 5.82. The van der Waals surface area contributed by atoms with Gasteiger partial charge in [0.2, 0.25) is 0 Å². The fourth-order valence-electron chi connectivity index (χ4n) is 1.33. The van der Waals surface area contributed by atoms with Gasteiger partial charge >= 0.3 is 0 Å². The third-order valence-corrected chi connectivity index (χ3v) is 5.93. The normalized spacial score (nSPS) is 16.2. The Bertz CT molecular complexity index is 498. The summed E-state index contributed by atoms with van der Waals surface area (Å²) in [6.45, 7) is 4.43. The molecule has 0 aliphatic rings. The van der Waals surface area contributed by atoms with Crippen LogP contribution in [0.25, 0.3) is 0 Å². The zero-order chi connectivity index (χ0) is 14.5. The van der Waals surface area contributed by atoms with Gasteiger partial charge in [-0.25, -0.2) is 9.35 Å². The molecule has 1 aromatic heterocycles.